The molecule has 27 heavy (non-hydrogen) atoms. The lowest BCUT2D eigenvalue weighted by atomic mass is 9.98. The Labute approximate surface area is 162 Å². The molecule has 1 N–H and O–H groups in total. The van der Waals surface area contributed by atoms with Crippen molar-refractivity contribution in [1.29, 1.82) is 0 Å². The molecule has 2 saturated heterocycles. The van der Waals surface area contributed by atoms with Crippen LogP contribution >= 0.6 is 0 Å². The Hall–Kier alpha value is -1.67. The van der Waals surface area contributed by atoms with Gasteiger partial charge in [0.2, 0.25) is 15.9 Å². The van der Waals surface area contributed by atoms with Crippen molar-refractivity contribution in [2.75, 3.05) is 35.6 Å². The molecule has 2 fully saturated rings. The van der Waals surface area contributed by atoms with Gasteiger partial charge in [0.05, 0.1) is 17.6 Å². The number of aromatic nitrogens is 1. The van der Waals surface area contributed by atoms with E-state index in [0.29, 0.717) is 24.7 Å². The van der Waals surface area contributed by atoms with Gasteiger partial charge >= 0.3 is 0 Å². The van der Waals surface area contributed by atoms with Crippen LogP contribution in [0.25, 0.3) is 0 Å². The maximum Gasteiger partial charge on any atom is 0.226 e. The first kappa shape index (κ1) is 20.1. The molecular formula is C19H30N4O3S. The van der Waals surface area contributed by atoms with Crippen LogP contribution in [-0.2, 0) is 14.8 Å². The van der Waals surface area contributed by atoms with Gasteiger partial charge in [-0.3, -0.25) is 4.79 Å². The fraction of sp³-hybridized carbons (Fsp3) is 0.684. The van der Waals surface area contributed by atoms with Crippen molar-refractivity contribution in [3.63, 3.8) is 0 Å². The number of carbonyl (C=O) groups excluding carboxylic acids is 1. The maximum atomic E-state index is 12.3. The molecule has 0 spiro atoms. The molecule has 2 aliphatic heterocycles. The van der Waals surface area contributed by atoms with E-state index in [1.807, 2.05) is 26.0 Å². The molecule has 150 valence electrons. The lowest BCUT2D eigenvalue weighted by Gasteiger charge is -2.31. The number of fused-ring (bicyclic) bond motifs is 1. The van der Waals surface area contributed by atoms with E-state index in [1.165, 1.54) is 0 Å². The first-order valence-electron chi connectivity index (χ1n) is 9.83. The number of pyridine rings is 1. The highest BCUT2D eigenvalue weighted by molar-refractivity contribution is 7.89. The predicted molar refractivity (Wildman–Crippen MR) is 107 cm³/mol. The number of sulfonamides is 1. The standard InChI is InChI=1S/C19H30N4O3S/c1-4-27(25,26)22-12-15-7-5-6-10-23(17(15)13-22)18-9-8-16(11-20-18)21-19(24)14(2)3/h8-9,11,14-15,17H,4-7,10,12-13H2,1-3H3,(H,21,24)/t15-,17+/m1/s1. The Bertz CT molecular complexity index is 764. The van der Waals surface area contributed by atoms with Crippen LogP contribution in [0.5, 0.6) is 0 Å². The lowest BCUT2D eigenvalue weighted by molar-refractivity contribution is -0.118. The van der Waals surface area contributed by atoms with Crippen molar-refractivity contribution >= 4 is 27.4 Å². The molecule has 2 atom stereocenters. The Morgan fingerprint density at radius 3 is 2.70 bits per heavy atom. The van der Waals surface area contributed by atoms with E-state index in [-0.39, 0.29) is 23.6 Å². The third kappa shape index (κ3) is 4.43. The summed E-state index contributed by atoms with van der Waals surface area (Å²) in [4.78, 5) is 18.7. The molecule has 1 aromatic rings. The van der Waals surface area contributed by atoms with Crippen LogP contribution in [0.15, 0.2) is 18.3 Å². The van der Waals surface area contributed by atoms with Gasteiger partial charge in [-0.05, 0) is 37.8 Å². The molecule has 0 unspecified atom stereocenters. The number of carbonyl (C=O) groups is 1. The SMILES string of the molecule is CCS(=O)(=O)N1C[C@H]2CCCCN(c3ccc(NC(=O)C(C)C)cn3)[C@H]2C1. The molecule has 1 aromatic heterocycles. The second-order valence-electron chi connectivity index (χ2n) is 7.78. The van der Waals surface area contributed by atoms with Crippen molar-refractivity contribution in [2.24, 2.45) is 11.8 Å². The maximum absolute atomic E-state index is 12.3. The van der Waals surface area contributed by atoms with Crippen molar-refractivity contribution in [1.82, 2.24) is 9.29 Å². The Balaban J connectivity index is 1.77. The van der Waals surface area contributed by atoms with Gasteiger partial charge in [-0.1, -0.05) is 20.3 Å². The lowest BCUT2D eigenvalue weighted by Crippen LogP contribution is -2.41. The highest BCUT2D eigenvalue weighted by atomic mass is 32.2. The molecule has 0 saturated carbocycles. The van der Waals surface area contributed by atoms with E-state index in [4.69, 9.17) is 0 Å². The number of hydrogen-bond acceptors (Lipinski definition) is 5. The second kappa shape index (κ2) is 8.14. The minimum Gasteiger partial charge on any atom is -0.352 e. The Morgan fingerprint density at radius 1 is 1.30 bits per heavy atom. The zero-order valence-corrected chi connectivity index (χ0v) is 17.2. The summed E-state index contributed by atoms with van der Waals surface area (Å²) < 4.78 is 26.3. The summed E-state index contributed by atoms with van der Waals surface area (Å²) in [6, 6.07) is 3.96. The Kier molecular flexibility index (Phi) is 6.05. The van der Waals surface area contributed by atoms with Gasteiger partial charge in [-0.2, -0.15) is 4.31 Å². The topological polar surface area (TPSA) is 82.6 Å². The van der Waals surface area contributed by atoms with E-state index in [2.05, 4.69) is 15.2 Å². The van der Waals surface area contributed by atoms with Crippen LogP contribution in [0, 0.1) is 11.8 Å². The number of hydrogen-bond donors (Lipinski definition) is 1. The summed E-state index contributed by atoms with van der Waals surface area (Å²) in [7, 11) is -3.16. The van der Waals surface area contributed by atoms with Gasteiger partial charge in [0.15, 0.2) is 0 Å². The molecule has 0 bridgehead atoms. The highest BCUT2D eigenvalue weighted by Crippen LogP contribution is 2.34. The summed E-state index contributed by atoms with van der Waals surface area (Å²) >= 11 is 0. The molecule has 0 radical (unpaired) electrons. The molecule has 2 aliphatic rings. The molecule has 3 rings (SSSR count). The summed E-state index contributed by atoms with van der Waals surface area (Å²) in [6.45, 7) is 7.43. The predicted octanol–water partition coefficient (Wildman–Crippen LogP) is 2.32. The first-order chi connectivity index (χ1) is 12.8. The average molecular weight is 395 g/mol. The van der Waals surface area contributed by atoms with Gasteiger partial charge in [-0.25, -0.2) is 13.4 Å². The van der Waals surface area contributed by atoms with Crippen LogP contribution in [0.2, 0.25) is 0 Å². The van der Waals surface area contributed by atoms with E-state index in [0.717, 1.165) is 31.6 Å². The summed E-state index contributed by atoms with van der Waals surface area (Å²) in [6.07, 6.45) is 4.94. The average Bonchev–Trinajstić information content (AvgIpc) is 2.98. The quantitative estimate of drug-likeness (QED) is 0.829. The van der Waals surface area contributed by atoms with Gasteiger partial charge in [0, 0.05) is 31.6 Å². The minimum absolute atomic E-state index is 0.0319. The van der Waals surface area contributed by atoms with Crippen LogP contribution in [0.3, 0.4) is 0 Å². The minimum atomic E-state index is -3.16. The number of amides is 1. The van der Waals surface area contributed by atoms with Crippen LogP contribution < -0.4 is 10.2 Å². The van der Waals surface area contributed by atoms with Crippen LogP contribution in [-0.4, -0.2) is 55.0 Å². The Morgan fingerprint density at radius 2 is 2.07 bits per heavy atom. The summed E-state index contributed by atoms with van der Waals surface area (Å²) in [5.41, 5.74) is 0.686. The third-order valence-corrected chi connectivity index (χ3v) is 7.40. The zero-order valence-electron chi connectivity index (χ0n) is 16.4. The van der Waals surface area contributed by atoms with E-state index >= 15 is 0 Å². The number of nitrogens with one attached hydrogen (secondary N) is 1. The second-order valence-corrected chi connectivity index (χ2v) is 10.0. The number of rotatable bonds is 5. The molecule has 3 heterocycles. The van der Waals surface area contributed by atoms with Crippen molar-refractivity contribution in [3.8, 4) is 0 Å². The normalized spacial score (nSPS) is 23.9. The fourth-order valence-corrected chi connectivity index (χ4v) is 5.08. The third-order valence-electron chi connectivity index (χ3n) is 5.59. The number of anilines is 2. The van der Waals surface area contributed by atoms with E-state index < -0.39 is 10.0 Å². The van der Waals surface area contributed by atoms with Crippen molar-refractivity contribution in [3.05, 3.63) is 18.3 Å². The monoisotopic (exact) mass is 394 g/mol. The van der Waals surface area contributed by atoms with Crippen LogP contribution in [0.4, 0.5) is 11.5 Å². The smallest absolute Gasteiger partial charge is 0.226 e. The highest BCUT2D eigenvalue weighted by Gasteiger charge is 2.42. The first-order valence-corrected chi connectivity index (χ1v) is 11.4. The molecule has 0 aliphatic carbocycles. The van der Waals surface area contributed by atoms with E-state index in [9.17, 15) is 13.2 Å². The molecular weight excluding hydrogens is 364 g/mol. The molecule has 0 aromatic carbocycles. The van der Waals surface area contributed by atoms with Gasteiger partial charge in [0.1, 0.15) is 5.82 Å². The summed E-state index contributed by atoms with van der Waals surface area (Å²) in [5, 5.41) is 2.86. The zero-order chi connectivity index (χ0) is 19.6. The largest absolute Gasteiger partial charge is 0.352 e. The molecule has 1 amide bonds. The van der Waals surface area contributed by atoms with Gasteiger partial charge in [0.25, 0.3) is 0 Å². The van der Waals surface area contributed by atoms with Crippen molar-refractivity contribution < 1.29 is 13.2 Å². The molecule has 8 heteroatoms. The van der Waals surface area contributed by atoms with E-state index in [1.54, 1.807) is 17.4 Å². The fourth-order valence-electron chi connectivity index (χ4n) is 3.92. The van der Waals surface area contributed by atoms with Crippen LogP contribution in [0.1, 0.15) is 40.0 Å². The van der Waals surface area contributed by atoms with Gasteiger partial charge in [-0.15, -0.1) is 0 Å². The van der Waals surface area contributed by atoms with Crippen molar-refractivity contribution in [2.45, 2.75) is 46.1 Å². The summed E-state index contributed by atoms with van der Waals surface area (Å²) in [5.74, 6) is 1.23. The van der Waals surface area contributed by atoms with Gasteiger partial charge < -0.3 is 10.2 Å². The number of nitrogens with zero attached hydrogens (tertiary/aromatic N) is 3. The molecule has 7 nitrogen and oxygen atoms in total.